The summed E-state index contributed by atoms with van der Waals surface area (Å²) >= 11 is 2.62. The quantitative estimate of drug-likeness (QED) is 0.550. The van der Waals surface area contributed by atoms with Gasteiger partial charge in [0, 0.05) is 28.5 Å². The maximum absolute atomic E-state index is 12.6. The van der Waals surface area contributed by atoms with Crippen molar-refractivity contribution < 1.29 is 18.0 Å². The zero-order valence-electron chi connectivity index (χ0n) is 14.6. The molecule has 0 saturated carbocycles. The number of carbonyl (C=O) groups excluding carboxylic acids is 1. The van der Waals surface area contributed by atoms with E-state index in [1.165, 1.54) is 35.6 Å². The van der Waals surface area contributed by atoms with Gasteiger partial charge in [-0.05, 0) is 60.8 Å². The molecule has 2 aromatic carbocycles. The summed E-state index contributed by atoms with van der Waals surface area (Å²) in [6.45, 7) is 1.95. The van der Waals surface area contributed by atoms with Crippen molar-refractivity contribution in [2.75, 3.05) is 4.72 Å². The van der Waals surface area contributed by atoms with Gasteiger partial charge in [0.2, 0.25) is 5.13 Å². The summed E-state index contributed by atoms with van der Waals surface area (Å²) in [5, 5.41) is 3.39. The third-order valence-corrected chi connectivity index (χ3v) is 5.29. The average Bonchev–Trinajstić information content (AvgIpc) is 3.10. The molecular weight excluding hydrogens is 409 g/mol. The second-order valence-electron chi connectivity index (χ2n) is 5.75. The van der Waals surface area contributed by atoms with Gasteiger partial charge in [0.1, 0.15) is 5.82 Å². The maximum Gasteiger partial charge on any atom is 0.416 e. The molecule has 0 radical (unpaired) electrons. The number of carbonyl (C=O) groups is 1. The lowest BCUT2D eigenvalue weighted by atomic mass is 10.1. The first kappa shape index (κ1) is 20.2. The van der Waals surface area contributed by atoms with E-state index in [0.717, 1.165) is 17.0 Å². The molecule has 146 valence electrons. The van der Waals surface area contributed by atoms with Gasteiger partial charge in [-0.3, -0.25) is 4.79 Å². The normalized spacial score (nSPS) is 11.3. The number of nitrogens with one attached hydrogen (secondary N) is 2. The first-order chi connectivity index (χ1) is 13.3. The Kier molecular flexibility index (Phi) is 6.20. The van der Waals surface area contributed by atoms with E-state index in [2.05, 4.69) is 19.4 Å². The fraction of sp³-hybridized carbons (Fsp3) is 0.167. The molecule has 0 unspecified atom stereocenters. The third kappa shape index (κ3) is 5.46. The highest BCUT2D eigenvalue weighted by Crippen LogP contribution is 2.29. The standard InChI is InChI=1S/C18H15F3N4OS2/c1-11-23-17(28-24-11)25-27-15-8-4-13(5-9-15)16(26)22-10-12-2-6-14(7-3-12)18(19,20)21/h2-9H,10H2,1H3,(H,22,26)(H,23,24,25). The molecule has 0 fully saturated rings. The van der Waals surface area contributed by atoms with Crippen molar-refractivity contribution in [1.82, 2.24) is 14.7 Å². The predicted octanol–water partition coefficient (Wildman–Crippen LogP) is 4.91. The SMILES string of the molecule is Cc1nsc(NSc2ccc(C(=O)NCc3ccc(C(F)(F)F)cc3)cc2)n1. The minimum atomic E-state index is -4.37. The Hall–Kier alpha value is -2.59. The summed E-state index contributed by atoms with van der Waals surface area (Å²) in [4.78, 5) is 17.3. The van der Waals surface area contributed by atoms with Crippen LogP contribution in [-0.4, -0.2) is 15.3 Å². The molecule has 1 amide bonds. The van der Waals surface area contributed by atoms with Crippen molar-refractivity contribution >= 4 is 34.5 Å². The lowest BCUT2D eigenvalue weighted by Gasteiger charge is -2.09. The van der Waals surface area contributed by atoms with Crippen LogP contribution in [0.25, 0.3) is 0 Å². The highest BCUT2D eigenvalue weighted by atomic mass is 32.2. The van der Waals surface area contributed by atoms with Gasteiger partial charge in [0.05, 0.1) is 5.56 Å². The molecule has 0 aliphatic heterocycles. The lowest BCUT2D eigenvalue weighted by Crippen LogP contribution is -2.22. The molecular formula is C18H15F3N4OS2. The Bertz CT molecular complexity index is 941. The van der Waals surface area contributed by atoms with Crippen LogP contribution in [-0.2, 0) is 12.7 Å². The topological polar surface area (TPSA) is 66.9 Å². The molecule has 2 N–H and O–H groups in total. The van der Waals surface area contributed by atoms with Crippen LogP contribution in [0.4, 0.5) is 18.3 Å². The van der Waals surface area contributed by atoms with Crippen LogP contribution < -0.4 is 10.0 Å². The zero-order chi connectivity index (χ0) is 20.1. The smallest absolute Gasteiger partial charge is 0.348 e. The first-order valence-electron chi connectivity index (χ1n) is 8.09. The molecule has 0 saturated heterocycles. The van der Waals surface area contributed by atoms with Crippen LogP contribution in [0.2, 0.25) is 0 Å². The molecule has 0 bridgehead atoms. The number of rotatable bonds is 6. The van der Waals surface area contributed by atoms with Gasteiger partial charge < -0.3 is 10.0 Å². The summed E-state index contributed by atoms with van der Waals surface area (Å²) in [6, 6.07) is 11.6. The first-order valence-corrected chi connectivity index (χ1v) is 9.68. The Balaban J connectivity index is 1.51. The summed E-state index contributed by atoms with van der Waals surface area (Å²) in [5.74, 6) is 0.400. The van der Waals surface area contributed by atoms with Crippen molar-refractivity contribution in [3.63, 3.8) is 0 Å². The van der Waals surface area contributed by atoms with E-state index in [4.69, 9.17) is 0 Å². The molecule has 0 aliphatic rings. The van der Waals surface area contributed by atoms with Crippen molar-refractivity contribution in [3.05, 3.63) is 71.0 Å². The van der Waals surface area contributed by atoms with E-state index in [9.17, 15) is 18.0 Å². The number of alkyl halides is 3. The Morgan fingerprint density at radius 3 is 2.36 bits per heavy atom. The molecule has 0 aliphatic carbocycles. The zero-order valence-corrected chi connectivity index (χ0v) is 16.2. The molecule has 28 heavy (non-hydrogen) atoms. The number of aryl methyl sites for hydroxylation is 1. The van der Waals surface area contributed by atoms with Gasteiger partial charge in [0.15, 0.2) is 0 Å². The molecule has 0 spiro atoms. The van der Waals surface area contributed by atoms with Crippen molar-refractivity contribution in [1.29, 1.82) is 0 Å². The van der Waals surface area contributed by atoms with Crippen molar-refractivity contribution in [3.8, 4) is 0 Å². The Labute approximate surface area is 167 Å². The van der Waals surface area contributed by atoms with E-state index in [1.54, 1.807) is 24.3 Å². The largest absolute Gasteiger partial charge is 0.416 e. The van der Waals surface area contributed by atoms with Crippen LogP contribution >= 0.6 is 23.5 Å². The number of benzene rings is 2. The summed E-state index contributed by atoms with van der Waals surface area (Å²) in [5.41, 5.74) is 0.334. The fourth-order valence-electron chi connectivity index (χ4n) is 2.21. The van der Waals surface area contributed by atoms with Crippen LogP contribution in [0, 0.1) is 6.92 Å². The summed E-state index contributed by atoms with van der Waals surface area (Å²) < 4.78 is 44.8. The van der Waals surface area contributed by atoms with E-state index in [0.29, 0.717) is 22.1 Å². The number of hydrogen-bond donors (Lipinski definition) is 2. The number of nitrogens with zero attached hydrogens (tertiary/aromatic N) is 2. The van der Waals surface area contributed by atoms with Gasteiger partial charge >= 0.3 is 6.18 Å². The maximum atomic E-state index is 12.6. The van der Waals surface area contributed by atoms with Crippen LogP contribution in [0.15, 0.2) is 53.4 Å². The van der Waals surface area contributed by atoms with Gasteiger partial charge in [-0.1, -0.05) is 12.1 Å². The fourth-order valence-corrected chi connectivity index (χ4v) is 3.44. The Morgan fingerprint density at radius 1 is 1.11 bits per heavy atom. The molecule has 10 heteroatoms. The lowest BCUT2D eigenvalue weighted by molar-refractivity contribution is -0.137. The van der Waals surface area contributed by atoms with Gasteiger partial charge in [0.25, 0.3) is 5.91 Å². The van der Waals surface area contributed by atoms with Crippen molar-refractivity contribution in [2.45, 2.75) is 24.5 Å². The molecule has 0 atom stereocenters. The third-order valence-electron chi connectivity index (χ3n) is 3.63. The number of anilines is 1. The molecule has 3 rings (SSSR count). The predicted molar refractivity (Wildman–Crippen MR) is 103 cm³/mol. The molecule has 3 aromatic rings. The van der Waals surface area contributed by atoms with Crippen LogP contribution in [0.5, 0.6) is 0 Å². The summed E-state index contributed by atoms with van der Waals surface area (Å²) in [7, 11) is 0. The van der Waals surface area contributed by atoms with Crippen LogP contribution in [0.1, 0.15) is 27.3 Å². The molecule has 1 heterocycles. The molecule has 1 aromatic heterocycles. The Morgan fingerprint density at radius 2 is 1.79 bits per heavy atom. The number of amides is 1. The highest BCUT2D eigenvalue weighted by Gasteiger charge is 2.29. The van der Waals surface area contributed by atoms with E-state index >= 15 is 0 Å². The number of aromatic nitrogens is 2. The average molecular weight is 424 g/mol. The van der Waals surface area contributed by atoms with E-state index in [1.807, 2.05) is 6.92 Å². The minimum Gasteiger partial charge on any atom is -0.348 e. The minimum absolute atomic E-state index is 0.144. The van der Waals surface area contributed by atoms with Gasteiger partial charge in [-0.2, -0.15) is 17.5 Å². The summed E-state index contributed by atoms with van der Waals surface area (Å²) in [6.07, 6.45) is -4.37. The second-order valence-corrected chi connectivity index (χ2v) is 7.38. The monoisotopic (exact) mass is 424 g/mol. The van der Waals surface area contributed by atoms with Crippen LogP contribution in [0.3, 0.4) is 0 Å². The van der Waals surface area contributed by atoms with Gasteiger partial charge in [-0.15, -0.1) is 0 Å². The van der Waals surface area contributed by atoms with Crippen molar-refractivity contribution in [2.24, 2.45) is 0 Å². The molecule has 5 nitrogen and oxygen atoms in total. The van der Waals surface area contributed by atoms with E-state index < -0.39 is 11.7 Å². The second kappa shape index (κ2) is 8.61. The van der Waals surface area contributed by atoms with Gasteiger partial charge in [-0.25, -0.2) is 4.98 Å². The number of halogens is 3. The number of hydrogen-bond acceptors (Lipinski definition) is 6. The highest BCUT2D eigenvalue weighted by molar-refractivity contribution is 8.00. The van der Waals surface area contributed by atoms with E-state index in [-0.39, 0.29) is 12.5 Å².